The van der Waals surface area contributed by atoms with Gasteiger partial charge in [-0.1, -0.05) is 23.7 Å². The molecule has 5 nitrogen and oxygen atoms in total. The Balaban J connectivity index is 1.85. The van der Waals surface area contributed by atoms with Gasteiger partial charge in [0.25, 0.3) is 5.91 Å². The highest BCUT2D eigenvalue weighted by atomic mass is 35.5. The van der Waals surface area contributed by atoms with Crippen LogP contribution in [0.25, 0.3) is 11.3 Å². The van der Waals surface area contributed by atoms with E-state index in [0.29, 0.717) is 15.5 Å². The van der Waals surface area contributed by atoms with Gasteiger partial charge in [0.05, 0.1) is 9.73 Å². The molecule has 0 saturated carbocycles. The molecule has 0 aliphatic rings. The summed E-state index contributed by atoms with van der Waals surface area (Å²) in [6.07, 6.45) is -2.48. The van der Waals surface area contributed by atoms with E-state index in [1.807, 2.05) is 0 Å². The SMILES string of the molecule is CS(=O)(=NC(=O)c1ccc(-c2coc(C(F)(F)F)n2)cc1)c1ccc(Cl)cc1. The summed E-state index contributed by atoms with van der Waals surface area (Å²) in [5.74, 6) is -2.07. The molecule has 0 spiro atoms. The lowest BCUT2D eigenvalue weighted by atomic mass is 10.1. The summed E-state index contributed by atoms with van der Waals surface area (Å²) in [5, 5.41) is 0.461. The molecule has 0 fully saturated rings. The fraction of sp³-hybridized carbons (Fsp3) is 0.111. The van der Waals surface area contributed by atoms with E-state index in [1.54, 1.807) is 12.1 Å². The van der Waals surface area contributed by atoms with Gasteiger partial charge in [-0.25, -0.2) is 9.19 Å². The maximum absolute atomic E-state index is 12.7. The van der Waals surface area contributed by atoms with Gasteiger partial charge in [-0.3, -0.25) is 4.79 Å². The summed E-state index contributed by atoms with van der Waals surface area (Å²) in [6, 6.07) is 11.7. The van der Waals surface area contributed by atoms with Crippen LogP contribution in [-0.2, 0) is 15.9 Å². The van der Waals surface area contributed by atoms with Crippen molar-refractivity contribution < 1.29 is 26.6 Å². The van der Waals surface area contributed by atoms with Gasteiger partial charge in [0.15, 0.2) is 0 Å². The number of carbonyl (C=O) groups is 1. The second kappa shape index (κ2) is 7.40. The number of aromatic nitrogens is 1. The zero-order chi connectivity index (χ0) is 20.5. The van der Waals surface area contributed by atoms with Gasteiger partial charge in [-0.2, -0.15) is 17.5 Å². The Morgan fingerprint density at radius 1 is 1.11 bits per heavy atom. The first kappa shape index (κ1) is 20.1. The smallest absolute Gasteiger partial charge is 0.441 e. The molecule has 0 N–H and O–H groups in total. The van der Waals surface area contributed by atoms with Crippen molar-refractivity contribution >= 4 is 27.2 Å². The molecule has 0 aliphatic carbocycles. The van der Waals surface area contributed by atoms with Crippen LogP contribution in [0.3, 0.4) is 0 Å². The first-order valence-corrected chi connectivity index (χ1v) is 10.0. The number of halogens is 4. The van der Waals surface area contributed by atoms with Gasteiger partial charge in [-0.05, 0) is 36.4 Å². The second-order valence-corrected chi connectivity index (χ2v) is 8.46. The lowest BCUT2D eigenvalue weighted by Crippen LogP contribution is -2.05. The molecule has 0 bridgehead atoms. The first-order valence-electron chi connectivity index (χ1n) is 7.71. The molecular weight excluding hydrogens is 417 g/mol. The maximum Gasteiger partial charge on any atom is 0.468 e. The van der Waals surface area contributed by atoms with Crippen molar-refractivity contribution in [3.63, 3.8) is 0 Å². The van der Waals surface area contributed by atoms with Crippen LogP contribution in [0, 0.1) is 0 Å². The Labute approximate surface area is 163 Å². The van der Waals surface area contributed by atoms with Crippen molar-refractivity contribution in [1.29, 1.82) is 0 Å². The van der Waals surface area contributed by atoms with Gasteiger partial charge < -0.3 is 4.42 Å². The van der Waals surface area contributed by atoms with E-state index in [-0.39, 0.29) is 11.3 Å². The monoisotopic (exact) mass is 428 g/mol. The molecule has 0 saturated heterocycles. The fourth-order valence-corrected chi connectivity index (χ4v) is 3.57. The molecular formula is C18H12ClF3N2O3S. The number of carbonyl (C=O) groups excluding carboxylic acids is 1. The number of alkyl halides is 3. The van der Waals surface area contributed by atoms with E-state index in [0.717, 1.165) is 6.26 Å². The Kier molecular flexibility index (Phi) is 5.31. The van der Waals surface area contributed by atoms with Crippen molar-refractivity contribution in [2.24, 2.45) is 4.36 Å². The number of oxazole rings is 1. The van der Waals surface area contributed by atoms with Crippen LogP contribution >= 0.6 is 11.6 Å². The highest BCUT2D eigenvalue weighted by molar-refractivity contribution is 7.93. The van der Waals surface area contributed by atoms with E-state index in [1.165, 1.54) is 42.7 Å². The summed E-state index contributed by atoms with van der Waals surface area (Å²) >= 11 is 5.79. The van der Waals surface area contributed by atoms with Crippen LogP contribution in [0.2, 0.25) is 5.02 Å². The van der Waals surface area contributed by atoms with Crippen LogP contribution in [0.1, 0.15) is 16.2 Å². The van der Waals surface area contributed by atoms with Crippen molar-refractivity contribution in [1.82, 2.24) is 4.98 Å². The third-order valence-electron chi connectivity index (χ3n) is 3.68. The van der Waals surface area contributed by atoms with Crippen molar-refractivity contribution in [2.75, 3.05) is 6.26 Å². The molecule has 10 heteroatoms. The third kappa shape index (κ3) is 4.42. The Morgan fingerprint density at radius 3 is 2.25 bits per heavy atom. The minimum Gasteiger partial charge on any atom is -0.441 e. The normalized spacial score (nSPS) is 13.8. The largest absolute Gasteiger partial charge is 0.468 e. The number of benzene rings is 2. The average Bonchev–Trinajstić information content (AvgIpc) is 3.12. The van der Waals surface area contributed by atoms with E-state index >= 15 is 0 Å². The number of rotatable bonds is 3. The Morgan fingerprint density at radius 2 is 1.71 bits per heavy atom. The molecule has 1 amide bonds. The Hall–Kier alpha value is -2.65. The lowest BCUT2D eigenvalue weighted by Gasteiger charge is -2.04. The standard InChI is InChI=1S/C18H12ClF3N2O3S/c1-28(26,14-8-6-13(19)7-9-14)24-16(25)12-4-2-11(3-5-12)15-10-27-17(23-15)18(20,21)22/h2-10H,1H3. The third-order valence-corrected chi connectivity index (χ3v) is 5.60. The highest BCUT2D eigenvalue weighted by Gasteiger charge is 2.37. The molecule has 1 heterocycles. The summed E-state index contributed by atoms with van der Waals surface area (Å²) in [5.41, 5.74) is 0.432. The van der Waals surface area contributed by atoms with E-state index in [4.69, 9.17) is 11.6 Å². The Bertz CT molecular complexity index is 1130. The molecule has 3 aromatic rings. The predicted molar refractivity (Wildman–Crippen MR) is 97.5 cm³/mol. The molecule has 0 radical (unpaired) electrons. The molecule has 1 aromatic heterocycles. The molecule has 2 aromatic carbocycles. The first-order chi connectivity index (χ1) is 13.1. The maximum atomic E-state index is 12.7. The molecule has 0 aliphatic heterocycles. The average molecular weight is 429 g/mol. The summed E-state index contributed by atoms with van der Waals surface area (Å²) in [4.78, 5) is 16.1. The van der Waals surface area contributed by atoms with Crippen molar-refractivity contribution in [2.45, 2.75) is 11.1 Å². The summed E-state index contributed by atoms with van der Waals surface area (Å²) < 4.78 is 58.6. The van der Waals surface area contributed by atoms with Crippen LogP contribution in [0.15, 0.2) is 68.5 Å². The van der Waals surface area contributed by atoms with Crippen molar-refractivity contribution in [3.8, 4) is 11.3 Å². The van der Waals surface area contributed by atoms with Gasteiger partial charge >= 0.3 is 12.1 Å². The topological polar surface area (TPSA) is 72.5 Å². The fourth-order valence-electron chi connectivity index (χ4n) is 2.27. The summed E-state index contributed by atoms with van der Waals surface area (Å²) in [6.45, 7) is 0. The second-order valence-electron chi connectivity index (χ2n) is 5.77. The van der Waals surface area contributed by atoms with E-state index in [9.17, 15) is 22.2 Å². The molecule has 1 atom stereocenters. The van der Waals surface area contributed by atoms with Crippen molar-refractivity contribution in [3.05, 3.63) is 71.3 Å². The number of hydrogen-bond acceptors (Lipinski definition) is 4. The lowest BCUT2D eigenvalue weighted by molar-refractivity contribution is -0.157. The van der Waals surface area contributed by atoms with Gasteiger partial charge in [0.1, 0.15) is 12.0 Å². The van der Waals surface area contributed by atoms with E-state index < -0.39 is 27.7 Å². The van der Waals surface area contributed by atoms with Crippen LogP contribution in [-0.4, -0.2) is 21.4 Å². The molecule has 28 heavy (non-hydrogen) atoms. The van der Waals surface area contributed by atoms with Crippen LogP contribution in [0.5, 0.6) is 0 Å². The van der Waals surface area contributed by atoms with Gasteiger partial charge in [-0.15, -0.1) is 0 Å². The number of nitrogens with zero attached hydrogens (tertiary/aromatic N) is 2. The molecule has 1 unspecified atom stereocenters. The minimum absolute atomic E-state index is 0.0243. The molecule has 146 valence electrons. The van der Waals surface area contributed by atoms with E-state index in [2.05, 4.69) is 13.8 Å². The zero-order valence-electron chi connectivity index (χ0n) is 14.2. The van der Waals surface area contributed by atoms with Gasteiger partial charge in [0.2, 0.25) is 0 Å². The zero-order valence-corrected chi connectivity index (χ0v) is 15.8. The quantitative estimate of drug-likeness (QED) is 0.566. The summed E-state index contributed by atoms with van der Waals surface area (Å²) in [7, 11) is -2.99. The molecule has 3 rings (SSSR count). The van der Waals surface area contributed by atoms with Crippen LogP contribution < -0.4 is 0 Å². The van der Waals surface area contributed by atoms with Gasteiger partial charge in [0, 0.05) is 27.3 Å². The predicted octanol–water partition coefficient (Wildman–Crippen LogP) is 5.31. The van der Waals surface area contributed by atoms with Crippen LogP contribution in [0.4, 0.5) is 13.2 Å². The number of hydrogen-bond donors (Lipinski definition) is 0. The number of amides is 1. The minimum atomic E-state index is -4.68. The highest BCUT2D eigenvalue weighted by Crippen LogP contribution is 2.31.